The summed E-state index contributed by atoms with van der Waals surface area (Å²) in [5.74, 6) is -0.164. The molecule has 1 aromatic carbocycles. The molecule has 0 bridgehead atoms. The van der Waals surface area contributed by atoms with Crippen LogP contribution < -0.4 is 5.73 Å². The molecule has 3 N–H and O–H groups in total. The van der Waals surface area contributed by atoms with Crippen LogP contribution in [0.4, 0.5) is 4.79 Å². The molecule has 1 aliphatic rings. The van der Waals surface area contributed by atoms with E-state index in [2.05, 4.69) is 0 Å². The van der Waals surface area contributed by atoms with E-state index in [0.717, 1.165) is 5.56 Å². The molecule has 2 unspecified atom stereocenters. The zero-order valence-corrected chi connectivity index (χ0v) is 12.2. The molecule has 1 aromatic rings. The van der Waals surface area contributed by atoms with Crippen molar-refractivity contribution in [2.24, 2.45) is 5.73 Å². The number of hydrogen-bond acceptors (Lipinski definition) is 5. The van der Waals surface area contributed by atoms with Gasteiger partial charge in [0.15, 0.2) is 0 Å². The van der Waals surface area contributed by atoms with E-state index in [9.17, 15) is 9.59 Å². The topological polar surface area (TPSA) is 102 Å². The van der Waals surface area contributed by atoms with Gasteiger partial charge >= 0.3 is 6.09 Å². The summed E-state index contributed by atoms with van der Waals surface area (Å²) in [5, 5.41) is 9.14. The van der Waals surface area contributed by atoms with E-state index < -0.39 is 18.3 Å². The lowest BCUT2D eigenvalue weighted by molar-refractivity contribution is -0.139. The Morgan fingerprint density at radius 1 is 1.41 bits per heavy atom. The van der Waals surface area contributed by atoms with Gasteiger partial charge in [0.05, 0.1) is 19.8 Å². The standard InChI is InChI=1S/C15H20N2O5/c16-15(20)22-12(9-18)8-17-7-6-13(14(17)19)21-10-11-4-2-1-3-5-11/h1-5,12-13,18H,6-10H2,(H2,16,20). The molecular weight excluding hydrogens is 288 g/mol. The third-order valence-electron chi connectivity index (χ3n) is 3.45. The number of nitrogens with zero attached hydrogens (tertiary/aromatic N) is 1. The summed E-state index contributed by atoms with van der Waals surface area (Å²) >= 11 is 0. The van der Waals surface area contributed by atoms with Gasteiger partial charge < -0.3 is 25.2 Å². The third-order valence-corrected chi connectivity index (χ3v) is 3.45. The highest BCUT2D eigenvalue weighted by Gasteiger charge is 2.34. The van der Waals surface area contributed by atoms with Crippen molar-refractivity contribution in [3.8, 4) is 0 Å². The highest BCUT2D eigenvalue weighted by molar-refractivity contribution is 5.83. The van der Waals surface area contributed by atoms with Crippen LogP contribution in [0, 0.1) is 0 Å². The fraction of sp³-hybridized carbons (Fsp3) is 0.467. The van der Waals surface area contributed by atoms with Crippen LogP contribution in [0.1, 0.15) is 12.0 Å². The second-order valence-electron chi connectivity index (χ2n) is 5.10. The average Bonchev–Trinajstić information content (AvgIpc) is 2.85. The molecule has 120 valence electrons. The molecule has 7 heteroatoms. The first-order valence-corrected chi connectivity index (χ1v) is 7.11. The average molecular weight is 308 g/mol. The minimum Gasteiger partial charge on any atom is -0.442 e. The number of ether oxygens (including phenoxy) is 2. The van der Waals surface area contributed by atoms with Crippen molar-refractivity contribution >= 4 is 12.0 Å². The van der Waals surface area contributed by atoms with Crippen LogP contribution in [-0.4, -0.2) is 53.9 Å². The van der Waals surface area contributed by atoms with Gasteiger partial charge in [-0.1, -0.05) is 30.3 Å². The number of amides is 2. The largest absolute Gasteiger partial charge is 0.442 e. The quantitative estimate of drug-likeness (QED) is 0.752. The van der Waals surface area contributed by atoms with Crippen LogP contribution in [-0.2, 0) is 20.9 Å². The highest BCUT2D eigenvalue weighted by atomic mass is 16.6. The minimum atomic E-state index is -0.970. The summed E-state index contributed by atoms with van der Waals surface area (Å²) in [5.41, 5.74) is 5.92. The fourth-order valence-corrected chi connectivity index (χ4v) is 2.36. The summed E-state index contributed by atoms with van der Waals surface area (Å²) < 4.78 is 10.4. The van der Waals surface area contributed by atoms with E-state index >= 15 is 0 Å². The number of likely N-dealkylation sites (tertiary alicyclic amines) is 1. The first-order valence-electron chi connectivity index (χ1n) is 7.11. The van der Waals surface area contributed by atoms with Crippen LogP contribution in [0.5, 0.6) is 0 Å². The molecule has 0 saturated carbocycles. The maximum atomic E-state index is 12.2. The molecule has 1 heterocycles. The predicted octanol–water partition coefficient (Wildman–Crippen LogP) is 0.260. The van der Waals surface area contributed by atoms with Gasteiger partial charge in [-0.2, -0.15) is 0 Å². The van der Waals surface area contributed by atoms with Crippen LogP contribution in [0.2, 0.25) is 0 Å². The second-order valence-corrected chi connectivity index (χ2v) is 5.10. The number of rotatable bonds is 7. The van der Waals surface area contributed by atoms with Gasteiger partial charge in [0.1, 0.15) is 12.2 Å². The zero-order chi connectivity index (χ0) is 15.9. The van der Waals surface area contributed by atoms with E-state index in [1.807, 2.05) is 30.3 Å². The SMILES string of the molecule is NC(=O)OC(CO)CN1CCC(OCc2ccccc2)C1=O. The van der Waals surface area contributed by atoms with Gasteiger partial charge in [0, 0.05) is 13.0 Å². The monoisotopic (exact) mass is 308 g/mol. The number of hydrogen-bond donors (Lipinski definition) is 2. The van der Waals surface area contributed by atoms with E-state index in [4.69, 9.17) is 20.3 Å². The molecule has 1 saturated heterocycles. The molecule has 2 rings (SSSR count). The van der Waals surface area contributed by atoms with Gasteiger partial charge in [0.25, 0.3) is 5.91 Å². The number of carbonyl (C=O) groups excluding carboxylic acids is 2. The number of primary amides is 1. The lowest BCUT2D eigenvalue weighted by atomic mass is 10.2. The predicted molar refractivity (Wildman–Crippen MR) is 77.8 cm³/mol. The lowest BCUT2D eigenvalue weighted by Gasteiger charge is -2.22. The van der Waals surface area contributed by atoms with Gasteiger partial charge in [-0.25, -0.2) is 4.79 Å². The van der Waals surface area contributed by atoms with Crippen molar-refractivity contribution in [2.45, 2.75) is 25.2 Å². The highest BCUT2D eigenvalue weighted by Crippen LogP contribution is 2.17. The van der Waals surface area contributed by atoms with Crippen LogP contribution in [0.15, 0.2) is 30.3 Å². The number of carbonyl (C=O) groups is 2. The Balaban J connectivity index is 1.82. The molecule has 1 aliphatic heterocycles. The molecule has 22 heavy (non-hydrogen) atoms. The Hall–Kier alpha value is -2.12. The van der Waals surface area contributed by atoms with Crippen LogP contribution in [0.25, 0.3) is 0 Å². The van der Waals surface area contributed by atoms with E-state index in [1.165, 1.54) is 4.90 Å². The normalized spacial score (nSPS) is 19.2. The van der Waals surface area contributed by atoms with E-state index in [0.29, 0.717) is 19.6 Å². The van der Waals surface area contributed by atoms with Gasteiger partial charge in [-0.05, 0) is 5.56 Å². The molecule has 0 radical (unpaired) electrons. The summed E-state index contributed by atoms with van der Waals surface area (Å²) in [4.78, 5) is 24.4. The molecule has 0 aromatic heterocycles. The molecule has 0 aliphatic carbocycles. The summed E-state index contributed by atoms with van der Waals surface area (Å²) in [6, 6.07) is 9.60. The Bertz CT molecular complexity index is 508. The van der Waals surface area contributed by atoms with Crippen LogP contribution >= 0.6 is 0 Å². The van der Waals surface area contributed by atoms with Crippen molar-refractivity contribution in [3.05, 3.63) is 35.9 Å². The smallest absolute Gasteiger partial charge is 0.404 e. The first kappa shape index (κ1) is 16.3. The van der Waals surface area contributed by atoms with Crippen molar-refractivity contribution in [1.29, 1.82) is 0 Å². The Morgan fingerprint density at radius 2 is 2.14 bits per heavy atom. The maximum Gasteiger partial charge on any atom is 0.404 e. The first-order chi connectivity index (χ1) is 10.6. The number of aliphatic hydroxyl groups excluding tert-OH is 1. The third kappa shape index (κ3) is 4.44. The summed E-state index contributed by atoms with van der Waals surface area (Å²) in [7, 11) is 0. The van der Waals surface area contributed by atoms with Crippen molar-refractivity contribution in [1.82, 2.24) is 4.90 Å². The van der Waals surface area contributed by atoms with Crippen molar-refractivity contribution in [2.75, 3.05) is 19.7 Å². The molecule has 1 fully saturated rings. The molecule has 2 atom stereocenters. The van der Waals surface area contributed by atoms with Gasteiger partial charge in [-0.3, -0.25) is 4.79 Å². The van der Waals surface area contributed by atoms with Gasteiger partial charge in [-0.15, -0.1) is 0 Å². The number of aliphatic hydroxyl groups is 1. The molecule has 0 spiro atoms. The minimum absolute atomic E-state index is 0.115. The van der Waals surface area contributed by atoms with Crippen molar-refractivity contribution < 1.29 is 24.2 Å². The summed E-state index contributed by atoms with van der Waals surface area (Å²) in [6.07, 6.45) is -1.72. The number of benzene rings is 1. The van der Waals surface area contributed by atoms with Crippen molar-refractivity contribution in [3.63, 3.8) is 0 Å². The molecule has 7 nitrogen and oxygen atoms in total. The summed E-state index contributed by atoms with van der Waals surface area (Å²) in [6.45, 7) is 0.592. The zero-order valence-electron chi connectivity index (χ0n) is 12.2. The maximum absolute atomic E-state index is 12.2. The fourth-order valence-electron chi connectivity index (χ4n) is 2.36. The van der Waals surface area contributed by atoms with Gasteiger partial charge in [0.2, 0.25) is 0 Å². The molecular formula is C15H20N2O5. The van der Waals surface area contributed by atoms with E-state index in [-0.39, 0.29) is 19.1 Å². The molecule has 2 amide bonds. The Kier molecular flexibility index (Phi) is 5.74. The van der Waals surface area contributed by atoms with Crippen LogP contribution in [0.3, 0.4) is 0 Å². The second kappa shape index (κ2) is 7.77. The Morgan fingerprint density at radius 3 is 2.77 bits per heavy atom. The van der Waals surface area contributed by atoms with E-state index in [1.54, 1.807) is 0 Å². The lowest BCUT2D eigenvalue weighted by Crippen LogP contribution is -2.40. The number of nitrogens with two attached hydrogens (primary N) is 1. The Labute approximate surface area is 128 Å².